The number of aromatic nitrogens is 2. The second-order valence-electron chi connectivity index (χ2n) is 8.28. The van der Waals surface area contributed by atoms with Crippen LogP contribution in [0.25, 0.3) is 11.0 Å². The number of thioether (sulfide) groups is 1. The number of carbonyl (C=O) groups excluding carboxylic acids is 1. The van der Waals surface area contributed by atoms with Crippen molar-refractivity contribution in [3.63, 3.8) is 0 Å². The Kier molecular flexibility index (Phi) is 5.07. The summed E-state index contributed by atoms with van der Waals surface area (Å²) in [5.74, 6) is 2.57. The van der Waals surface area contributed by atoms with E-state index in [1.807, 2.05) is 33.7 Å². The van der Waals surface area contributed by atoms with Crippen molar-refractivity contribution in [2.24, 2.45) is 0 Å². The summed E-state index contributed by atoms with van der Waals surface area (Å²) < 4.78 is 25.3. The summed E-state index contributed by atoms with van der Waals surface area (Å²) >= 11 is 7.96. The smallest absolute Gasteiger partial charge is 0.239 e. The van der Waals surface area contributed by atoms with Gasteiger partial charge in [0.05, 0.1) is 28.7 Å². The number of rotatable bonds is 6. The van der Waals surface area contributed by atoms with E-state index in [4.69, 9.17) is 16.6 Å². The largest absolute Gasteiger partial charge is 0.326 e. The lowest BCUT2D eigenvalue weighted by Gasteiger charge is -2.36. The SMILES string of the molecule is CS(=O)(=O)CCCn1c(CN2C(=O)C3(CSC3)c3ccccc32)nc2cc(Cl)ccc21. The van der Waals surface area contributed by atoms with Gasteiger partial charge in [-0.15, -0.1) is 0 Å². The second kappa shape index (κ2) is 7.53. The van der Waals surface area contributed by atoms with E-state index < -0.39 is 15.3 Å². The third kappa shape index (κ3) is 3.54. The summed E-state index contributed by atoms with van der Waals surface area (Å²) in [6, 6.07) is 13.5. The number of sulfone groups is 1. The van der Waals surface area contributed by atoms with Crippen LogP contribution < -0.4 is 4.90 Å². The molecule has 1 saturated heterocycles. The topological polar surface area (TPSA) is 72.3 Å². The van der Waals surface area contributed by atoms with Crippen LogP contribution in [-0.4, -0.2) is 47.4 Å². The molecule has 9 heteroatoms. The fourth-order valence-electron chi connectivity index (χ4n) is 4.49. The van der Waals surface area contributed by atoms with E-state index in [2.05, 4.69) is 6.07 Å². The van der Waals surface area contributed by atoms with Crippen molar-refractivity contribution in [3.05, 3.63) is 58.9 Å². The molecule has 0 radical (unpaired) electrons. The average Bonchev–Trinajstić information content (AvgIpc) is 3.13. The van der Waals surface area contributed by atoms with Crippen molar-refractivity contribution in [1.29, 1.82) is 0 Å². The molecule has 3 heterocycles. The molecule has 1 amide bonds. The standard InChI is InChI=1S/C22H22ClN3O3S2/c1-31(28,29)10-4-9-25-19-8-7-15(23)11-17(19)24-20(25)12-26-18-6-3-2-5-16(18)22(21(26)27)13-30-14-22/h2-3,5-8,11H,4,9-10,12-14H2,1H3. The number of aryl methyl sites for hydroxylation is 1. The number of para-hydroxylation sites is 1. The van der Waals surface area contributed by atoms with E-state index in [9.17, 15) is 13.2 Å². The van der Waals surface area contributed by atoms with Gasteiger partial charge >= 0.3 is 0 Å². The molecule has 2 aromatic carbocycles. The van der Waals surface area contributed by atoms with E-state index in [-0.39, 0.29) is 11.7 Å². The van der Waals surface area contributed by atoms with Crippen molar-refractivity contribution in [3.8, 4) is 0 Å². The summed E-state index contributed by atoms with van der Waals surface area (Å²) in [6.07, 6.45) is 1.72. The molecule has 2 aliphatic rings. The van der Waals surface area contributed by atoms with Gasteiger partial charge in [0.25, 0.3) is 0 Å². The lowest BCUT2D eigenvalue weighted by atomic mass is 9.85. The fraction of sp³-hybridized carbons (Fsp3) is 0.364. The number of halogens is 1. The molecule has 6 nitrogen and oxygen atoms in total. The predicted molar refractivity (Wildman–Crippen MR) is 126 cm³/mol. The summed E-state index contributed by atoms with van der Waals surface area (Å²) in [5, 5.41) is 0.591. The molecule has 5 rings (SSSR count). The lowest BCUT2D eigenvalue weighted by molar-refractivity contribution is -0.122. The first-order valence-electron chi connectivity index (χ1n) is 10.1. The first-order chi connectivity index (χ1) is 14.8. The highest BCUT2D eigenvalue weighted by Crippen LogP contribution is 2.51. The average molecular weight is 476 g/mol. The summed E-state index contributed by atoms with van der Waals surface area (Å²) in [5.41, 5.74) is 3.26. The Hall–Kier alpha value is -2.03. The van der Waals surface area contributed by atoms with E-state index in [0.717, 1.165) is 39.6 Å². The molecule has 0 N–H and O–H groups in total. The maximum atomic E-state index is 13.5. The summed E-state index contributed by atoms with van der Waals surface area (Å²) in [4.78, 5) is 20.1. The first-order valence-corrected chi connectivity index (χ1v) is 13.7. The molecule has 0 saturated carbocycles. The lowest BCUT2D eigenvalue weighted by Crippen LogP contribution is -2.49. The Balaban J connectivity index is 1.53. The van der Waals surface area contributed by atoms with E-state index in [1.54, 1.807) is 23.9 Å². The van der Waals surface area contributed by atoms with Crippen LogP contribution in [0.4, 0.5) is 5.69 Å². The van der Waals surface area contributed by atoms with Crippen molar-refractivity contribution in [1.82, 2.24) is 9.55 Å². The highest BCUT2D eigenvalue weighted by atomic mass is 35.5. The van der Waals surface area contributed by atoms with Gasteiger partial charge < -0.3 is 9.47 Å². The van der Waals surface area contributed by atoms with Crippen LogP contribution in [0.15, 0.2) is 42.5 Å². The molecule has 162 valence electrons. The number of anilines is 1. The van der Waals surface area contributed by atoms with Gasteiger partial charge in [-0.1, -0.05) is 29.8 Å². The van der Waals surface area contributed by atoms with Crippen molar-refractivity contribution in [2.75, 3.05) is 28.4 Å². The van der Waals surface area contributed by atoms with Crippen LogP contribution in [-0.2, 0) is 33.1 Å². The van der Waals surface area contributed by atoms with E-state index >= 15 is 0 Å². The Bertz CT molecular complexity index is 1300. The minimum atomic E-state index is -3.05. The van der Waals surface area contributed by atoms with Gasteiger partial charge in [-0.05, 0) is 36.2 Å². The molecule has 0 unspecified atom stereocenters. The van der Waals surface area contributed by atoms with Crippen LogP contribution in [0.2, 0.25) is 5.02 Å². The number of nitrogens with zero attached hydrogens (tertiary/aromatic N) is 3. The summed E-state index contributed by atoms with van der Waals surface area (Å²) in [6.45, 7) is 0.846. The number of carbonyl (C=O) groups is 1. The molecule has 2 aliphatic heterocycles. The molecule has 0 atom stereocenters. The normalized spacial score (nSPS) is 17.4. The Morgan fingerprint density at radius 2 is 1.97 bits per heavy atom. The minimum Gasteiger partial charge on any atom is -0.326 e. The number of hydrogen-bond donors (Lipinski definition) is 0. The van der Waals surface area contributed by atoms with E-state index in [0.29, 0.717) is 24.5 Å². The van der Waals surface area contributed by atoms with Gasteiger partial charge in [0.1, 0.15) is 15.7 Å². The molecular weight excluding hydrogens is 454 g/mol. The van der Waals surface area contributed by atoms with Gasteiger partial charge in [0, 0.05) is 35.0 Å². The van der Waals surface area contributed by atoms with Crippen LogP contribution in [0.3, 0.4) is 0 Å². The van der Waals surface area contributed by atoms with Crippen molar-refractivity contribution < 1.29 is 13.2 Å². The molecule has 3 aromatic rings. The third-order valence-corrected chi connectivity index (χ3v) is 8.71. The van der Waals surface area contributed by atoms with Crippen LogP contribution in [0, 0.1) is 0 Å². The quantitative estimate of drug-likeness (QED) is 0.544. The Labute approximate surface area is 190 Å². The molecular formula is C22H22ClN3O3S2. The van der Waals surface area contributed by atoms with Gasteiger partial charge in [0.2, 0.25) is 5.91 Å². The van der Waals surface area contributed by atoms with Crippen LogP contribution in [0.5, 0.6) is 0 Å². The number of benzene rings is 2. The molecule has 1 fully saturated rings. The van der Waals surface area contributed by atoms with Gasteiger partial charge in [-0.25, -0.2) is 13.4 Å². The van der Waals surface area contributed by atoms with E-state index in [1.165, 1.54) is 6.26 Å². The Morgan fingerprint density at radius 1 is 1.19 bits per heavy atom. The zero-order chi connectivity index (χ0) is 21.8. The first kappa shape index (κ1) is 20.8. The molecule has 1 aromatic heterocycles. The molecule has 0 aliphatic carbocycles. The summed E-state index contributed by atoms with van der Waals surface area (Å²) in [7, 11) is -3.05. The zero-order valence-electron chi connectivity index (χ0n) is 17.0. The number of amides is 1. The van der Waals surface area contributed by atoms with Crippen LogP contribution >= 0.6 is 23.4 Å². The second-order valence-corrected chi connectivity index (χ2v) is 12.0. The highest BCUT2D eigenvalue weighted by Gasteiger charge is 2.55. The number of imidazole rings is 1. The van der Waals surface area contributed by atoms with Crippen LogP contribution in [0.1, 0.15) is 17.8 Å². The van der Waals surface area contributed by atoms with Crippen molar-refractivity contribution >= 4 is 55.8 Å². The number of hydrogen-bond acceptors (Lipinski definition) is 5. The molecule has 1 spiro atoms. The zero-order valence-corrected chi connectivity index (χ0v) is 19.4. The highest BCUT2D eigenvalue weighted by molar-refractivity contribution is 8.01. The Morgan fingerprint density at radius 3 is 2.68 bits per heavy atom. The van der Waals surface area contributed by atoms with Gasteiger partial charge in [-0.2, -0.15) is 11.8 Å². The maximum Gasteiger partial charge on any atom is 0.239 e. The van der Waals surface area contributed by atoms with Gasteiger partial charge in [-0.3, -0.25) is 4.79 Å². The van der Waals surface area contributed by atoms with Crippen molar-refractivity contribution in [2.45, 2.75) is 24.9 Å². The molecule has 0 bridgehead atoms. The van der Waals surface area contributed by atoms with Gasteiger partial charge in [0.15, 0.2) is 0 Å². The minimum absolute atomic E-state index is 0.103. The number of fused-ring (bicyclic) bond motifs is 3. The maximum absolute atomic E-state index is 13.5. The third-order valence-electron chi connectivity index (χ3n) is 6.05. The molecule has 31 heavy (non-hydrogen) atoms. The predicted octanol–water partition coefficient (Wildman–Crippen LogP) is 3.66. The monoisotopic (exact) mass is 475 g/mol. The fourth-order valence-corrected chi connectivity index (χ4v) is 6.48.